The monoisotopic (exact) mass is 379 g/mol. The highest BCUT2D eigenvalue weighted by molar-refractivity contribution is 6.10. The number of hydrogen-bond acceptors (Lipinski definition) is 5. The number of aliphatic hydroxyl groups is 1. The summed E-state index contributed by atoms with van der Waals surface area (Å²) in [4.78, 5) is 2.46. The van der Waals surface area contributed by atoms with Crippen molar-refractivity contribution in [2.75, 3.05) is 33.6 Å². The zero-order valence-corrected chi connectivity index (χ0v) is 16.1. The largest absolute Gasteiger partial charge is 0.497 e. The van der Waals surface area contributed by atoms with Gasteiger partial charge in [-0.05, 0) is 82.7 Å². The number of hydrogen-bond donors (Lipinski definition) is 1. The van der Waals surface area contributed by atoms with E-state index in [2.05, 4.69) is 35.2 Å². The Balaban J connectivity index is 1.64. The van der Waals surface area contributed by atoms with Gasteiger partial charge in [0.25, 0.3) is 0 Å². The van der Waals surface area contributed by atoms with Crippen LogP contribution in [0.4, 0.5) is 0 Å². The molecule has 1 atom stereocenters. The molecule has 1 fully saturated rings. The maximum absolute atomic E-state index is 9.57. The zero-order chi connectivity index (χ0) is 19.1. The van der Waals surface area contributed by atoms with Gasteiger partial charge in [0.15, 0.2) is 11.5 Å². The molecule has 0 aliphatic carbocycles. The number of rotatable bonds is 4. The second-order valence-corrected chi connectivity index (χ2v) is 7.80. The zero-order valence-electron chi connectivity index (χ0n) is 16.1. The number of nitrogens with zero attached hydrogens (tertiary/aromatic N) is 1. The van der Waals surface area contributed by atoms with Gasteiger partial charge < -0.3 is 19.3 Å². The van der Waals surface area contributed by atoms with Gasteiger partial charge in [-0.3, -0.25) is 4.90 Å². The standard InChI is InChI=1S/C23H25NO4/c1-26-18-4-5-19-17(12-24-6-2-3-15(11-24)13-25)7-16-8-22-23(28-14-27-22)10-20(16)21(19)9-18/h4-5,7-10,15,25H,2-3,6,11-14H2,1H3/t15-/m1/s1. The fourth-order valence-electron chi connectivity index (χ4n) is 4.54. The van der Waals surface area contributed by atoms with E-state index in [0.717, 1.165) is 60.5 Å². The minimum atomic E-state index is 0.273. The molecule has 0 bridgehead atoms. The molecule has 1 saturated heterocycles. The Labute approximate surface area is 164 Å². The normalized spacial score (nSPS) is 19.4. The van der Waals surface area contributed by atoms with E-state index in [0.29, 0.717) is 5.92 Å². The van der Waals surface area contributed by atoms with Gasteiger partial charge in [-0.25, -0.2) is 0 Å². The molecule has 0 spiro atoms. The van der Waals surface area contributed by atoms with Gasteiger partial charge >= 0.3 is 0 Å². The van der Waals surface area contributed by atoms with Crippen LogP contribution in [0.25, 0.3) is 21.5 Å². The first-order chi connectivity index (χ1) is 13.7. The molecular formula is C23H25NO4. The Hall–Kier alpha value is -2.50. The predicted octanol–water partition coefficient (Wildman–Crippen LogP) is 3.93. The van der Waals surface area contributed by atoms with Crippen LogP contribution in [0.2, 0.25) is 0 Å². The first-order valence-electron chi connectivity index (χ1n) is 9.91. The minimum Gasteiger partial charge on any atom is -0.497 e. The van der Waals surface area contributed by atoms with Gasteiger partial charge in [0, 0.05) is 19.7 Å². The van der Waals surface area contributed by atoms with Gasteiger partial charge in [0.05, 0.1) is 7.11 Å². The molecule has 0 unspecified atom stereocenters. The molecule has 28 heavy (non-hydrogen) atoms. The molecule has 0 aromatic heterocycles. The molecule has 0 saturated carbocycles. The van der Waals surface area contributed by atoms with E-state index in [9.17, 15) is 5.11 Å². The third kappa shape index (κ3) is 3.05. The van der Waals surface area contributed by atoms with Crippen LogP contribution in [0.3, 0.4) is 0 Å². The lowest BCUT2D eigenvalue weighted by Crippen LogP contribution is -2.36. The van der Waals surface area contributed by atoms with Crippen LogP contribution in [0.15, 0.2) is 36.4 Å². The van der Waals surface area contributed by atoms with E-state index in [1.165, 1.54) is 16.3 Å². The molecule has 3 aromatic rings. The number of likely N-dealkylation sites (tertiary alicyclic amines) is 1. The van der Waals surface area contributed by atoms with Crippen LogP contribution in [-0.4, -0.2) is 43.6 Å². The van der Waals surface area contributed by atoms with Crippen molar-refractivity contribution in [3.63, 3.8) is 0 Å². The van der Waals surface area contributed by atoms with Gasteiger partial charge in [-0.15, -0.1) is 0 Å². The van der Waals surface area contributed by atoms with E-state index >= 15 is 0 Å². The van der Waals surface area contributed by atoms with E-state index in [-0.39, 0.29) is 13.4 Å². The highest BCUT2D eigenvalue weighted by atomic mass is 16.7. The summed E-state index contributed by atoms with van der Waals surface area (Å²) in [5, 5.41) is 14.3. The molecule has 2 heterocycles. The Kier molecular flexibility index (Phi) is 4.49. The second kappa shape index (κ2) is 7.15. The van der Waals surface area contributed by atoms with Crippen LogP contribution in [0, 0.1) is 5.92 Å². The van der Waals surface area contributed by atoms with Crippen molar-refractivity contribution in [2.24, 2.45) is 5.92 Å². The van der Waals surface area contributed by atoms with E-state index in [4.69, 9.17) is 14.2 Å². The Morgan fingerprint density at radius 3 is 2.75 bits per heavy atom. The van der Waals surface area contributed by atoms with Crippen molar-refractivity contribution in [2.45, 2.75) is 19.4 Å². The number of ether oxygens (including phenoxy) is 3. The van der Waals surface area contributed by atoms with Crippen molar-refractivity contribution in [1.29, 1.82) is 0 Å². The van der Waals surface area contributed by atoms with Crippen molar-refractivity contribution < 1.29 is 19.3 Å². The number of benzene rings is 3. The molecule has 3 aromatic carbocycles. The summed E-state index contributed by atoms with van der Waals surface area (Å²) < 4.78 is 16.7. The third-order valence-electron chi connectivity index (χ3n) is 5.99. The summed E-state index contributed by atoms with van der Waals surface area (Å²) >= 11 is 0. The van der Waals surface area contributed by atoms with Crippen LogP contribution < -0.4 is 14.2 Å². The number of piperidine rings is 1. The summed E-state index contributed by atoms with van der Waals surface area (Å²) in [5.74, 6) is 2.83. The van der Waals surface area contributed by atoms with E-state index in [1.54, 1.807) is 7.11 Å². The lowest BCUT2D eigenvalue weighted by molar-refractivity contribution is 0.116. The maximum Gasteiger partial charge on any atom is 0.231 e. The highest BCUT2D eigenvalue weighted by Crippen LogP contribution is 2.40. The van der Waals surface area contributed by atoms with E-state index in [1.807, 2.05) is 6.07 Å². The molecule has 2 aliphatic heterocycles. The van der Waals surface area contributed by atoms with Crippen LogP contribution >= 0.6 is 0 Å². The van der Waals surface area contributed by atoms with Gasteiger partial charge in [0.1, 0.15) is 5.75 Å². The summed E-state index contributed by atoms with van der Waals surface area (Å²) in [6, 6.07) is 12.7. The Morgan fingerprint density at radius 1 is 1.07 bits per heavy atom. The van der Waals surface area contributed by atoms with Gasteiger partial charge in [-0.2, -0.15) is 0 Å². The summed E-state index contributed by atoms with van der Waals surface area (Å²) in [5.41, 5.74) is 1.29. The maximum atomic E-state index is 9.57. The molecular weight excluding hydrogens is 354 g/mol. The number of methoxy groups -OCH3 is 1. The van der Waals surface area contributed by atoms with E-state index < -0.39 is 0 Å². The molecule has 146 valence electrons. The van der Waals surface area contributed by atoms with Gasteiger partial charge in [-0.1, -0.05) is 6.07 Å². The molecule has 0 radical (unpaired) electrons. The molecule has 5 heteroatoms. The van der Waals surface area contributed by atoms with Crippen LogP contribution in [0.5, 0.6) is 17.2 Å². The lowest BCUT2D eigenvalue weighted by Gasteiger charge is -2.32. The lowest BCUT2D eigenvalue weighted by atomic mass is 9.94. The average Bonchev–Trinajstić information content (AvgIpc) is 3.19. The van der Waals surface area contributed by atoms with Crippen molar-refractivity contribution in [3.05, 3.63) is 42.0 Å². The minimum absolute atomic E-state index is 0.273. The Morgan fingerprint density at radius 2 is 1.93 bits per heavy atom. The average molecular weight is 379 g/mol. The topological polar surface area (TPSA) is 51.2 Å². The predicted molar refractivity (Wildman–Crippen MR) is 109 cm³/mol. The number of aliphatic hydroxyl groups excluding tert-OH is 1. The molecule has 5 nitrogen and oxygen atoms in total. The third-order valence-corrected chi connectivity index (χ3v) is 5.99. The highest BCUT2D eigenvalue weighted by Gasteiger charge is 2.21. The van der Waals surface area contributed by atoms with Crippen molar-refractivity contribution >= 4 is 21.5 Å². The second-order valence-electron chi connectivity index (χ2n) is 7.80. The SMILES string of the molecule is COc1ccc2c(CN3CCC[C@@H](CO)C3)cc3cc4c(cc3c2c1)OCO4. The van der Waals surface area contributed by atoms with Crippen LogP contribution in [-0.2, 0) is 6.54 Å². The first-order valence-corrected chi connectivity index (χ1v) is 9.91. The summed E-state index contributed by atoms with van der Waals surface area (Å²) in [6.45, 7) is 3.45. The Bertz CT molecular complexity index is 1030. The molecule has 1 N–H and O–H groups in total. The quantitative estimate of drug-likeness (QED) is 0.696. The fraction of sp³-hybridized carbons (Fsp3) is 0.391. The van der Waals surface area contributed by atoms with Crippen molar-refractivity contribution in [3.8, 4) is 17.2 Å². The molecule has 5 rings (SSSR count). The van der Waals surface area contributed by atoms with Crippen molar-refractivity contribution in [1.82, 2.24) is 4.90 Å². The van der Waals surface area contributed by atoms with Gasteiger partial charge in [0.2, 0.25) is 6.79 Å². The fourth-order valence-corrected chi connectivity index (χ4v) is 4.54. The van der Waals surface area contributed by atoms with Crippen LogP contribution in [0.1, 0.15) is 18.4 Å². The number of fused-ring (bicyclic) bond motifs is 4. The molecule has 0 amide bonds. The summed E-state index contributed by atoms with van der Waals surface area (Å²) in [6.07, 6.45) is 2.26. The smallest absolute Gasteiger partial charge is 0.231 e. The molecule has 2 aliphatic rings. The summed E-state index contributed by atoms with van der Waals surface area (Å²) in [7, 11) is 1.70. The first kappa shape index (κ1) is 17.6.